The number of benzene rings is 1. The highest BCUT2D eigenvalue weighted by Crippen LogP contribution is 2.32. The van der Waals surface area contributed by atoms with E-state index < -0.39 is 5.92 Å². The SMILES string of the molecule is Cc1[nH][nH]c(=O)c1C(c1ccc2c(c1)n(C)c(=O)n2C)c1c(C)[nH][nH]c1=O. The van der Waals surface area contributed by atoms with Crippen LogP contribution in [0.25, 0.3) is 11.0 Å². The largest absolute Gasteiger partial charge is 0.328 e. The quantitative estimate of drug-likeness (QED) is 0.425. The minimum Gasteiger partial charge on any atom is -0.302 e. The lowest BCUT2D eigenvalue weighted by atomic mass is 9.85. The molecule has 1 aromatic carbocycles. The number of hydrogen-bond acceptors (Lipinski definition) is 3. The van der Waals surface area contributed by atoms with E-state index >= 15 is 0 Å². The molecule has 0 fully saturated rings. The molecule has 0 aliphatic carbocycles. The van der Waals surface area contributed by atoms with Gasteiger partial charge in [0.2, 0.25) is 0 Å². The molecule has 9 nitrogen and oxygen atoms in total. The monoisotopic (exact) mass is 368 g/mol. The molecule has 0 aliphatic rings. The molecule has 4 rings (SSSR count). The van der Waals surface area contributed by atoms with Gasteiger partial charge in [-0.05, 0) is 31.5 Å². The number of H-pyrrole nitrogens is 4. The first-order valence-corrected chi connectivity index (χ1v) is 8.51. The summed E-state index contributed by atoms with van der Waals surface area (Å²) in [6.07, 6.45) is 0. The van der Waals surface area contributed by atoms with Crippen molar-refractivity contribution in [3.05, 3.63) is 77.5 Å². The Morgan fingerprint density at radius 3 is 1.78 bits per heavy atom. The van der Waals surface area contributed by atoms with Gasteiger partial charge in [-0.1, -0.05) is 6.07 Å². The summed E-state index contributed by atoms with van der Waals surface area (Å²) in [5.74, 6) is -0.574. The fraction of sp³-hybridized carbons (Fsp3) is 0.278. The van der Waals surface area contributed by atoms with Gasteiger partial charge in [-0.15, -0.1) is 0 Å². The van der Waals surface area contributed by atoms with Crippen LogP contribution in [0.15, 0.2) is 32.6 Å². The van der Waals surface area contributed by atoms with Gasteiger partial charge in [0.25, 0.3) is 11.1 Å². The predicted octanol–water partition coefficient (Wildman–Crippen LogP) is 0.707. The second-order valence-electron chi connectivity index (χ2n) is 6.82. The average molecular weight is 368 g/mol. The zero-order chi connectivity index (χ0) is 19.5. The fourth-order valence-electron chi connectivity index (χ4n) is 3.79. The standard InChI is InChI=1S/C18H20N6O3/c1-8-13(16(25)21-19-8)15(14-9(2)20-22-17(14)26)10-5-6-11-12(7-10)24(4)18(27)23(11)3/h5-7,15H,1-4H3,(H2,19,21,25)(H2,20,22,26). The summed E-state index contributed by atoms with van der Waals surface area (Å²) < 4.78 is 3.12. The summed E-state index contributed by atoms with van der Waals surface area (Å²) in [6, 6.07) is 5.55. The van der Waals surface area contributed by atoms with Crippen molar-refractivity contribution in [2.75, 3.05) is 0 Å². The molecule has 0 spiro atoms. The van der Waals surface area contributed by atoms with Crippen molar-refractivity contribution in [2.24, 2.45) is 14.1 Å². The Hall–Kier alpha value is -3.49. The molecule has 140 valence electrons. The van der Waals surface area contributed by atoms with Crippen LogP contribution >= 0.6 is 0 Å². The summed E-state index contributed by atoms with van der Waals surface area (Å²) in [7, 11) is 3.41. The van der Waals surface area contributed by atoms with Gasteiger partial charge in [0.1, 0.15) is 0 Å². The van der Waals surface area contributed by atoms with Crippen LogP contribution in [-0.2, 0) is 14.1 Å². The maximum absolute atomic E-state index is 12.5. The molecule has 4 aromatic rings. The van der Waals surface area contributed by atoms with Crippen LogP contribution in [0.3, 0.4) is 0 Å². The van der Waals surface area contributed by atoms with Gasteiger partial charge >= 0.3 is 5.69 Å². The third-order valence-corrected chi connectivity index (χ3v) is 5.23. The van der Waals surface area contributed by atoms with Crippen molar-refractivity contribution in [2.45, 2.75) is 19.8 Å². The third-order valence-electron chi connectivity index (χ3n) is 5.23. The van der Waals surface area contributed by atoms with Crippen LogP contribution in [0.4, 0.5) is 0 Å². The molecule has 0 saturated carbocycles. The van der Waals surface area contributed by atoms with E-state index in [1.165, 1.54) is 0 Å². The van der Waals surface area contributed by atoms with Gasteiger partial charge in [-0.2, -0.15) is 0 Å². The van der Waals surface area contributed by atoms with Crippen molar-refractivity contribution >= 4 is 11.0 Å². The van der Waals surface area contributed by atoms with Crippen LogP contribution in [-0.4, -0.2) is 29.5 Å². The van der Waals surface area contributed by atoms with Gasteiger partial charge in [-0.25, -0.2) is 4.79 Å². The molecular formula is C18H20N6O3. The predicted molar refractivity (Wildman–Crippen MR) is 101 cm³/mol. The maximum Gasteiger partial charge on any atom is 0.328 e. The Bertz CT molecular complexity index is 1290. The molecule has 0 amide bonds. The molecule has 0 aliphatic heterocycles. The Morgan fingerprint density at radius 1 is 0.778 bits per heavy atom. The van der Waals surface area contributed by atoms with Crippen molar-refractivity contribution < 1.29 is 0 Å². The van der Waals surface area contributed by atoms with E-state index in [1.807, 2.05) is 18.2 Å². The molecule has 4 N–H and O–H groups in total. The lowest BCUT2D eigenvalue weighted by molar-refractivity contribution is 0.795. The van der Waals surface area contributed by atoms with E-state index in [9.17, 15) is 14.4 Å². The summed E-state index contributed by atoms with van der Waals surface area (Å²) in [6.45, 7) is 3.57. The molecule has 3 heterocycles. The number of nitrogens with one attached hydrogen (secondary N) is 4. The molecule has 3 aromatic heterocycles. The molecule has 27 heavy (non-hydrogen) atoms. The number of hydrogen-bond donors (Lipinski definition) is 4. The highest BCUT2D eigenvalue weighted by molar-refractivity contribution is 5.77. The van der Waals surface area contributed by atoms with Crippen LogP contribution in [0.2, 0.25) is 0 Å². The van der Waals surface area contributed by atoms with E-state index in [0.717, 1.165) is 16.6 Å². The smallest absolute Gasteiger partial charge is 0.302 e. The molecule has 9 heteroatoms. The van der Waals surface area contributed by atoms with E-state index in [4.69, 9.17) is 0 Å². The lowest BCUT2D eigenvalue weighted by Crippen LogP contribution is -2.20. The highest BCUT2D eigenvalue weighted by Gasteiger charge is 2.28. The number of imidazole rings is 1. The van der Waals surface area contributed by atoms with Gasteiger partial charge in [-0.3, -0.25) is 28.9 Å². The minimum absolute atomic E-state index is 0.134. The molecule has 0 bridgehead atoms. The van der Waals surface area contributed by atoms with Crippen molar-refractivity contribution in [3.8, 4) is 0 Å². The second-order valence-corrected chi connectivity index (χ2v) is 6.82. The van der Waals surface area contributed by atoms with E-state index in [-0.39, 0.29) is 16.8 Å². The van der Waals surface area contributed by atoms with E-state index in [0.29, 0.717) is 22.5 Å². The average Bonchev–Trinajstić information content (AvgIpc) is 3.23. The number of nitrogens with zero attached hydrogens (tertiary/aromatic N) is 2. The number of rotatable bonds is 3. The Kier molecular flexibility index (Phi) is 3.62. The van der Waals surface area contributed by atoms with E-state index in [2.05, 4.69) is 20.4 Å². The molecule has 0 atom stereocenters. The van der Waals surface area contributed by atoms with Gasteiger partial charge in [0.05, 0.1) is 22.2 Å². The number of aromatic nitrogens is 6. The molecular weight excluding hydrogens is 348 g/mol. The number of fused-ring (bicyclic) bond motifs is 1. The third kappa shape index (κ3) is 2.35. The second kappa shape index (κ2) is 5.76. The first-order valence-electron chi connectivity index (χ1n) is 8.51. The summed E-state index contributed by atoms with van der Waals surface area (Å²) in [5.41, 5.74) is 3.85. The maximum atomic E-state index is 12.5. The van der Waals surface area contributed by atoms with Crippen LogP contribution < -0.4 is 16.8 Å². The van der Waals surface area contributed by atoms with Gasteiger partial charge in [0.15, 0.2) is 0 Å². The minimum atomic E-state index is -0.574. The normalized spacial score (nSPS) is 11.7. The van der Waals surface area contributed by atoms with Gasteiger partial charge in [0, 0.05) is 31.4 Å². The topological polar surface area (TPSA) is 124 Å². The lowest BCUT2D eigenvalue weighted by Gasteiger charge is -2.16. The summed E-state index contributed by atoms with van der Waals surface area (Å²) in [4.78, 5) is 37.2. The Balaban J connectivity index is 2.07. The molecule has 0 radical (unpaired) electrons. The summed E-state index contributed by atoms with van der Waals surface area (Å²) in [5, 5.41) is 10.8. The van der Waals surface area contributed by atoms with Crippen molar-refractivity contribution in [1.82, 2.24) is 29.5 Å². The molecule has 0 saturated heterocycles. The van der Waals surface area contributed by atoms with Crippen molar-refractivity contribution in [1.29, 1.82) is 0 Å². The van der Waals surface area contributed by atoms with Crippen LogP contribution in [0.1, 0.15) is 34.0 Å². The summed E-state index contributed by atoms with van der Waals surface area (Å²) >= 11 is 0. The van der Waals surface area contributed by atoms with Crippen molar-refractivity contribution in [3.63, 3.8) is 0 Å². The fourth-order valence-corrected chi connectivity index (χ4v) is 3.79. The Morgan fingerprint density at radius 2 is 1.30 bits per heavy atom. The Labute approximate surface area is 152 Å². The van der Waals surface area contributed by atoms with Crippen LogP contribution in [0, 0.1) is 13.8 Å². The van der Waals surface area contributed by atoms with E-state index in [1.54, 1.807) is 37.1 Å². The first-order chi connectivity index (χ1) is 12.8. The zero-order valence-corrected chi connectivity index (χ0v) is 15.4. The zero-order valence-electron chi connectivity index (χ0n) is 15.4. The molecule has 0 unspecified atom stereocenters. The number of aryl methyl sites for hydroxylation is 4. The van der Waals surface area contributed by atoms with Gasteiger partial charge < -0.3 is 10.2 Å². The first kappa shape index (κ1) is 17.0. The van der Waals surface area contributed by atoms with Crippen LogP contribution in [0.5, 0.6) is 0 Å². The highest BCUT2D eigenvalue weighted by atomic mass is 16.2. The number of aromatic amines is 4.